The van der Waals surface area contributed by atoms with Gasteiger partial charge in [0, 0.05) is 37.1 Å². The lowest BCUT2D eigenvalue weighted by atomic mass is 10.1. The highest BCUT2D eigenvalue weighted by molar-refractivity contribution is 6.34. The van der Waals surface area contributed by atoms with Crippen molar-refractivity contribution in [1.82, 2.24) is 25.6 Å². The number of nitrogens with one attached hydrogen (secondary N) is 4. The molecule has 4 N–H and O–H groups in total. The van der Waals surface area contributed by atoms with Crippen molar-refractivity contribution >= 4 is 29.2 Å². The number of nitrogens with zero attached hydrogens (tertiary/aromatic N) is 2. The molecular weight excluding hydrogens is 506 g/mol. The SMILES string of the molecule is O=C1Nc2cc(OCCNC[C@@H](NC(=O)c3cccnc3)c3ccc(F)c(F)c3)ccc2/C1=C/c1cnc[nH]1. The van der Waals surface area contributed by atoms with Crippen LogP contribution in [-0.2, 0) is 4.79 Å². The fourth-order valence-electron chi connectivity index (χ4n) is 4.12. The summed E-state index contributed by atoms with van der Waals surface area (Å²) in [5, 5.41) is 8.85. The standard InChI is InChI=1S/C28H24F2N6O3/c29-23-6-3-17(10-24(23)30)26(36-27(37)18-2-1-7-31-13-18)15-32-8-9-39-20-4-5-21-22(11-19-14-33-16-34-19)28(38)35-25(21)12-20/h1-7,10-14,16,26,32H,8-9,15H2,(H,33,34)(H,35,38)(H,36,37)/b22-11-/t26-/m1/s1. The molecule has 0 saturated carbocycles. The molecule has 3 heterocycles. The predicted octanol–water partition coefficient (Wildman–Crippen LogP) is 3.72. The maximum atomic E-state index is 13.9. The maximum Gasteiger partial charge on any atom is 0.256 e. The zero-order chi connectivity index (χ0) is 27.2. The normalized spacial score (nSPS) is 14.1. The van der Waals surface area contributed by atoms with E-state index in [9.17, 15) is 18.4 Å². The summed E-state index contributed by atoms with van der Waals surface area (Å²) in [6.07, 6.45) is 7.88. The summed E-state index contributed by atoms with van der Waals surface area (Å²) in [6, 6.07) is 11.5. The van der Waals surface area contributed by atoms with Gasteiger partial charge in [0.1, 0.15) is 12.4 Å². The van der Waals surface area contributed by atoms with Gasteiger partial charge in [-0.05, 0) is 48.0 Å². The highest BCUT2D eigenvalue weighted by Gasteiger charge is 2.24. The number of fused-ring (bicyclic) bond motifs is 1. The van der Waals surface area contributed by atoms with Crippen molar-refractivity contribution < 1.29 is 23.1 Å². The number of imidazole rings is 1. The number of halogens is 2. The molecule has 1 aliphatic rings. The zero-order valence-corrected chi connectivity index (χ0v) is 20.6. The maximum absolute atomic E-state index is 13.9. The van der Waals surface area contributed by atoms with Gasteiger partial charge in [-0.3, -0.25) is 14.6 Å². The number of rotatable bonds is 10. The number of benzene rings is 2. The number of carbonyl (C=O) groups excluding carboxylic acids is 2. The van der Waals surface area contributed by atoms with E-state index in [0.717, 1.165) is 23.4 Å². The second-order valence-electron chi connectivity index (χ2n) is 8.72. The monoisotopic (exact) mass is 530 g/mol. The molecule has 0 bridgehead atoms. The first-order valence-corrected chi connectivity index (χ1v) is 12.1. The van der Waals surface area contributed by atoms with Crippen LogP contribution in [0.1, 0.15) is 33.2 Å². The molecule has 2 amide bonds. The fraction of sp³-hybridized carbons (Fsp3) is 0.143. The molecule has 39 heavy (non-hydrogen) atoms. The fourth-order valence-corrected chi connectivity index (χ4v) is 4.12. The van der Waals surface area contributed by atoms with Crippen molar-refractivity contribution in [3.63, 3.8) is 0 Å². The van der Waals surface area contributed by atoms with Crippen molar-refractivity contribution in [2.45, 2.75) is 6.04 Å². The lowest BCUT2D eigenvalue weighted by Gasteiger charge is -2.20. The average molecular weight is 531 g/mol. The molecule has 0 unspecified atom stereocenters. The number of hydrogen-bond donors (Lipinski definition) is 4. The first-order chi connectivity index (χ1) is 19.0. The van der Waals surface area contributed by atoms with E-state index in [1.54, 1.807) is 49.1 Å². The topological polar surface area (TPSA) is 121 Å². The Morgan fingerprint density at radius 1 is 1.08 bits per heavy atom. The molecule has 9 nitrogen and oxygen atoms in total. The van der Waals surface area contributed by atoms with E-state index in [2.05, 4.69) is 30.9 Å². The Labute approximate surface area is 222 Å². The van der Waals surface area contributed by atoms with E-state index in [1.165, 1.54) is 12.3 Å². The van der Waals surface area contributed by atoms with Crippen LogP contribution in [0, 0.1) is 11.6 Å². The van der Waals surface area contributed by atoms with Gasteiger partial charge >= 0.3 is 0 Å². The third kappa shape index (κ3) is 6.16. The summed E-state index contributed by atoms with van der Waals surface area (Å²) in [4.78, 5) is 35.9. The Kier molecular flexibility index (Phi) is 7.69. The van der Waals surface area contributed by atoms with Gasteiger partial charge < -0.3 is 25.7 Å². The van der Waals surface area contributed by atoms with Gasteiger partial charge in [-0.1, -0.05) is 6.07 Å². The van der Waals surface area contributed by atoms with Crippen LogP contribution in [0.3, 0.4) is 0 Å². The van der Waals surface area contributed by atoms with Crippen molar-refractivity contribution in [2.75, 3.05) is 25.0 Å². The Hall–Kier alpha value is -4.90. The van der Waals surface area contributed by atoms with E-state index < -0.39 is 23.6 Å². The molecule has 4 aromatic rings. The molecule has 0 fully saturated rings. The smallest absolute Gasteiger partial charge is 0.256 e. The summed E-state index contributed by atoms with van der Waals surface area (Å²) in [5.74, 6) is -2.00. The quantitative estimate of drug-likeness (QED) is 0.183. The molecule has 2 aromatic heterocycles. The van der Waals surface area contributed by atoms with Crippen molar-refractivity contribution in [3.8, 4) is 5.75 Å². The highest BCUT2D eigenvalue weighted by Crippen LogP contribution is 2.35. The van der Waals surface area contributed by atoms with Gasteiger partial charge in [0.05, 0.1) is 41.1 Å². The third-order valence-electron chi connectivity index (χ3n) is 6.06. The lowest BCUT2D eigenvalue weighted by molar-refractivity contribution is -0.110. The first-order valence-electron chi connectivity index (χ1n) is 12.1. The summed E-state index contributed by atoms with van der Waals surface area (Å²) < 4.78 is 33.2. The van der Waals surface area contributed by atoms with Crippen LogP contribution in [0.4, 0.5) is 14.5 Å². The van der Waals surface area contributed by atoms with Crippen LogP contribution in [0.5, 0.6) is 5.75 Å². The average Bonchev–Trinajstić information content (AvgIpc) is 3.57. The molecule has 1 atom stereocenters. The number of amides is 2. The zero-order valence-electron chi connectivity index (χ0n) is 20.6. The second-order valence-corrected chi connectivity index (χ2v) is 8.72. The van der Waals surface area contributed by atoms with Crippen LogP contribution in [0.2, 0.25) is 0 Å². The molecule has 0 radical (unpaired) electrons. The summed E-state index contributed by atoms with van der Waals surface area (Å²) in [6.45, 7) is 0.921. The number of carbonyl (C=O) groups is 2. The molecular formula is C28H24F2N6O3. The number of H-pyrrole nitrogens is 1. The van der Waals surface area contributed by atoms with E-state index in [1.807, 2.05) is 6.07 Å². The molecule has 1 aliphatic heterocycles. The van der Waals surface area contributed by atoms with Gasteiger partial charge in [-0.15, -0.1) is 0 Å². The van der Waals surface area contributed by atoms with E-state index in [-0.39, 0.29) is 19.1 Å². The van der Waals surface area contributed by atoms with Gasteiger partial charge in [-0.25, -0.2) is 13.8 Å². The highest BCUT2D eigenvalue weighted by atomic mass is 19.2. The van der Waals surface area contributed by atoms with Crippen LogP contribution >= 0.6 is 0 Å². The second kappa shape index (κ2) is 11.7. The third-order valence-corrected chi connectivity index (χ3v) is 6.06. The predicted molar refractivity (Wildman–Crippen MR) is 141 cm³/mol. The van der Waals surface area contributed by atoms with Gasteiger partial charge in [0.2, 0.25) is 0 Å². The van der Waals surface area contributed by atoms with Crippen LogP contribution in [-0.4, -0.2) is 46.5 Å². The first kappa shape index (κ1) is 25.7. The van der Waals surface area contributed by atoms with Crippen molar-refractivity contribution in [3.05, 3.63) is 107 Å². The van der Waals surface area contributed by atoms with E-state index in [0.29, 0.717) is 34.7 Å². The number of ether oxygens (including phenoxy) is 1. The van der Waals surface area contributed by atoms with Crippen molar-refractivity contribution in [1.29, 1.82) is 0 Å². The van der Waals surface area contributed by atoms with Gasteiger partial charge in [0.25, 0.3) is 11.8 Å². The molecule has 0 saturated heterocycles. The summed E-state index contributed by atoms with van der Waals surface area (Å²) in [5.41, 5.74) is 3.41. The van der Waals surface area contributed by atoms with E-state index in [4.69, 9.17) is 4.74 Å². The molecule has 11 heteroatoms. The molecule has 0 spiro atoms. The number of hydrogen-bond acceptors (Lipinski definition) is 6. The molecule has 2 aromatic carbocycles. The summed E-state index contributed by atoms with van der Waals surface area (Å²) >= 11 is 0. The minimum Gasteiger partial charge on any atom is -0.492 e. The number of anilines is 1. The molecule has 0 aliphatic carbocycles. The Morgan fingerprint density at radius 2 is 1.97 bits per heavy atom. The number of aromatic nitrogens is 3. The number of aromatic amines is 1. The minimum absolute atomic E-state index is 0.213. The van der Waals surface area contributed by atoms with E-state index >= 15 is 0 Å². The lowest BCUT2D eigenvalue weighted by Crippen LogP contribution is -2.37. The molecule has 198 valence electrons. The molecule has 5 rings (SSSR count). The Morgan fingerprint density at radius 3 is 2.74 bits per heavy atom. The van der Waals surface area contributed by atoms with Crippen LogP contribution < -0.4 is 20.7 Å². The Bertz CT molecular complexity index is 1510. The van der Waals surface area contributed by atoms with Crippen LogP contribution in [0.25, 0.3) is 11.6 Å². The largest absolute Gasteiger partial charge is 0.492 e. The minimum atomic E-state index is -0.997. The van der Waals surface area contributed by atoms with Gasteiger partial charge in [-0.2, -0.15) is 0 Å². The van der Waals surface area contributed by atoms with Crippen LogP contribution in [0.15, 0.2) is 73.4 Å². The van der Waals surface area contributed by atoms with Crippen molar-refractivity contribution in [2.24, 2.45) is 0 Å². The Balaban J connectivity index is 1.18. The summed E-state index contributed by atoms with van der Waals surface area (Å²) in [7, 11) is 0. The van der Waals surface area contributed by atoms with Gasteiger partial charge in [0.15, 0.2) is 11.6 Å². The number of pyridine rings is 1.